The maximum atomic E-state index is 10.3. The van der Waals surface area contributed by atoms with Crippen molar-refractivity contribution < 1.29 is 5.11 Å². The van der Waals surface area contributed by atoms with Crippen molar-refractivity contribution >= 4 is 0 Å². The molecule has 1 aromatic carbocycles. The fourth-order valence-electron chi connectivity index (χ4n) is 1.88. The summed E-state index contributed by atoms with van der Waals surface area (Å²) in [7, 11) is 0. The topological polar surface area (TPSA) is 32.3 Å². The Morgan fingerprint density at radius 3 is 2.62 bits per heavy atom. The Balaban J connectivity index is 2.23. The first-order valence-corrected chi connectivity index (χ1v) is 4.80. The van der Waals surface area contributed by atoms with Gasteiger partial charge in [-0.05, 0) is 24.9 Å². The third kappa shape index (κ3) is 1.74. The second-order valence-corrected chi connectivity index (χ2v) is 3.68. The minimum atomic E-state index is -0.639. The van der Waals surface area contributed by atoms with Gasteiger partial charge in [0, 0.05) is 6.54 Å². The summed E-state index contributed by atoms with van der Waals surface area (Å²) in [5.41, 5.74) is 0.390. The number of rotatable bonds is 1. The van der Waals surface area contributed by atoms with E-state index in [4.69, 9.17) is 0 Å². The number of aliphatic hydroxyl groups is 1. The molecule has 70 valence electrons. The fourth-order valence-corrected chi connectivity index (χ4v) is 1.88. The maximum absolute atomic E-state index is 10.3. The molecular formula is C11H15NO. The van der Waals surface area contributed by atoms with Crippen LogP contribution in [-0.2, 0) is 5.60 Å². The largest absolute Gasteiger partial charge is 0.384 e. The van der Waals surface area contributed by atoms with Gasteiger partial charge in [-0.3, -0.25) is 0 Å². The first-order chi connectivity index (χ1) is 6.31. The summed E-state index contributed by atoms with van der Waals surface area (Å²) in [6.07, 6.45) is 1.91. The predicted molar refractivity (Wildman–Crippen MR) is 52.4 cm³/mol. The zero-order valence-corrected chi connectivity index (χ0v) is 7.66. The first kappa shape index (κ1) is 8.73. The fraction of sp³-hybridized carbons (Fsp3) is 0.455. The van der Waals surface area contributed by atoms with E-state index in [1.54, 1.807) is 0 Å². The van der Waals surface area contributed by atoms with E-state index in [9.17, 15) is 5.11 Å². The minimum Gasteiger partial charge on any atom is -0.384 e. The lowest BCUT2D eigenvalue weighted by molar-refractivity contribution is 0.0123. The van der Waals surface area contributed by atoms with E-state index in [-0.39, 0.29) is 0 Å². The van der Waals surface area contributed by atoms with Crippen LogP contribution in [0.15, 0.2) is 30.3 Å². The first-order valence-electron chi connectivity index (χ1n) is 4.80. The lowest BCUT2D eigenvalue weighted by Crippen LogP contribution is -2.43. The zero-order valence-electron chi connectivity index (χ0n) is 7.66. The van der Waals surface area contributed by atoms with Gasteiger partial charge in [0.1, 0.15) is 5.60 Å². The predicted octanol–water partition coefficient (Wildman–Crippen LogP) is 1.26. The van der Waals surface area contributed by atoms with Crippen LogP contribution in [0.25, 0.3) is 0 Å². The number of hydrogen-bond acceptors (Lipinski definition) is 2. The molecule has 0 saturated carbocycles. The molecule has 1 aliphatic heterocycles. The Kier molecular flexibility index (Phi) is 2.34. The lowest BCUT2D eigenvalue weighted by Gasteiger charge is -2.33. The second-order valence-electron chi connectivity index (χ2n) is 3.68. The zero-order chi connectivity index (χ0) is 9.15. The number of piperidine rings is 1. The van der Waals surface area contributed by atoms with Crippen LogP contribution >= 0.6 is 0 Å². The van der Waals surface area contributed by atoms with Crippen molar-refractivity contribution in [3.63, 3.8) is 0 Å². The highest BCUT2D eigenvalue weighted by Gasteiger charge is 2.30. The number of β-amino-alcohol motifs (C(OH)–C–C–N with tert-alkyl or cyclic N) is 1. The Morgan fingerprint density at radius 1 is 1.23 bits per heavy atom. The van der Waals surface area contributed by atoms with Gasteiger partial charge in [0.05, 0.1) is 0 Å². The summed E-state index contributed by atoms with van der Waals surface area (Å²) in [6, 6.07) is 9.91. The molecule has 0 aliphatic carbocycles. The third-order valence-corrected chi connectivity index (χ3v) is 2.67. The summed E-state index contributed by atoms with van der Waals surface area (Å²) in [4.78, 5) is 0. The van der Waals surface area contributed by atoms with E-state index >= 15 is 0 Å². The van der Waals surface area contributed by atoms with E-state index in [0.29, 0.717) is 6.54 Å². The Morgan fingerprint density at radius 2 is 2.00 bits per heavy atom. The van der Waals surface area contributed by atoms with E-state index in [0.717, 1.165) is 24.9 Å². The van der Waals surface area contributed by atoms with Gasteiger partial charge in [-0.1, -0.05) is 30.3 Å². The lowest BCUT2D eigenvalue weighted by atomic mass is 9.87. The molecule has 1 atom stereocenters. The SMILES string of the molecule is O[C@@]1(c2ccccc2)CCCNC1. The Labute approximate surface area is 78.6 Å². The van der Waals surface area contributed by atoms with E-state index in [1.807, 2.05) is 30.3 Å². The average Bonchev–Trinajstić information content (AvgIpc) is 2.20. The van der Waals surface area contributed by atoms with Crippen molar-refractivity contribution in [2.75, 3.05) is 13.1 Å². The van der Waals surface area contributed by atoms with Crippen LogP contribution in [0.1, 0.15) is 18.4 Å². The maximum Gasteiger partial charge on any atom is 0.102 e. The van der Waals surface area contributed by atoms with Gasteiger partial charge in [0.15, 0.2) is 0 Å². The van der Waals surface area contributed by atoms with Crippen molar-refractivity contribution in [3.05, 3.63) is 35.9 Å². The molecule has 0 unspecified atom stereocenters. The third-order valence-electron chi connectivity index (χ3n) is 2.67. The molecule has 1 aromatic rings. The van der Waals surface area contributed by atoms with E-state index < -0.39 is 5.60 Å². The molecule has 0 amide bonds. The van der Waals surface area contributed by atoms with Gasteiger partial charge < -0.3 is 10.4 Å². The summed E-state index contributed by atoms with van der Waals surface area (Å²) in [5, 5.41) is 13.5. The van der Waals surface area contributed by atoms with Gasteiger partial charge >= 0.3 is 0 Å². The van der Waals surface area contributed by atoms with Gasteiger partial charge in [0.25, 0.3) is 0 Å². The molecule has 2 nitrogen and oxygen atoms in total. The van der Waals surface area contributed by atoms with E-state index in [1.165, 1.54) is 0 Å². The standard InChI is InChI=1S/C11H15NO/c13-11(7-4-8-12-9-11)10-5-2-1-3-6-10/h1-3,5-6,12-13H,4,7-9H2/t11-/m0/s1. The van der Waals surface area contributed by atoms with Crippen LogP contribution in [-0.4, -0.2) is 18.2 Å². The van der Waals surface area contributed by atoms with Gasteiger partial charge in [-0.25, -0.2) is 0 Å². The smallest absolute Gasteiger partial charge is 0.102 e. The van der Waals surface area contributed by atoms with Gasteiger partial charge in [-0.15, -0.1) is 0 Å². The van der Waals surface area contributed by atoms with Gasteiger partial charge in [0.2, 0.25) is 0 Å². The average molecular weight is 177 g/mol. The molecule has 0 aromatic heterocycles. The number of hydrogen-bond donors (Lipinski definition) is 2. The highest BCUT2D eigenvalue weighted by atomic mass is 16.3. The molecule has 2 heteroatoms. The molecule has 2 rings (SSSR count). The van der Waals surface area contributed by atoms with E-state index in [2.05, 4.69) is 5.32 Å². The quantitative estimate of drug-likeness (QED) is 0.677. The molecular weight excluding hydrogens is 162 g/mol. The summed E-state index contributed by atoms with van der Waals surface area (Å²) in [5.74, 6) is 0. The normalized spacial score (nSPS) is 28.7. The molecule has 13 heavy (non-hydrogen) atoms. The summed E-state index contributed by atoms with van der Waals surface area (Å²) < 4.78 is 0. The molecule has 1 heterocycles. The van der Waals surface area contributed by atoms with Crippen LogP contribution in [0.3, 0.4) is 0 Å². The summed E-state index contributed by atoms with van der Waals surface area (Å²) in [6.45, 7) is 1.70. The molecule has 0 bridgehead atoms. The molecule has 0 spiro atoms. The monoisotopic (exact) mass is 177 g/mol. The second kappa shape index (κ2) is 3.48. The van der Waals surface area contributed by atoms with Crippen LogP contribution in [0.2, 0.25) is 0 Å². The Bertz CT molecular complexity index is 265. The number of benzene rings is 1. The van der Waals surface area contributed by atoms with Crippen LogP contribution < -0.4 is 5.32 Å². The van der Waals surface area contributed by atoms with Crippen molar-refractivity contribution in [3.8, 4) is 0 Å². The molecule has 1 aliphatic rings. The number of nitrogens with one attached hydrogen (secondary N) is 1. The van der Waals surface area contributed by atoms with Crippen molar-refractivity contribution in [1.82, 2.24) is 5.32 Å². The van der Waals surface area contributed by atoms with Crippen molar-refractivity contribution in [1.29, 1.82) is 0 Å². The highest BCUT2D eigenvalue weighted by Crippen LogP contribution is 2.27. The molecule has 0 radical (unpaired) electrons. The van der Waals surface area contributed by atoms with Gasteiger partial charge in [-0.2, -0.15) is 0 Å². The van der Waals surface area contributed by atoms with Crippen LogP contribution in [0.5, 0.6) is 0 Å². The Hall–Kier alpha value is -0.860. The molecule has 2 N–H and O–H groups in total. The summed E-state index contributed by atoms with van der Waals surface area (Å²) >= 11 is 0. The molecule has 1 saturated heterocycles. The van der Waals surface area contributed by atoms with Crippen molar-refractivity contribution in [2.45, 2.75) is 18.4 Å². The molecule has 1 fully saturated rings. The minimum absolute atomic E-state index is 0.639. The van der Waals surface area contributed by atoms with Crippen molar-refractivity contribution in [2.24, 2.45) is 0 Å². The van der Waals surface area contributed by atoms with Crippen LogP contribution in [0.4, 0.5) is 0 Å². The van der Waals surface area contributed by atoms with Crippen LogP contribution in [0, 0.1) is 0 Å². The highest BCUT2D eigenvalue weighted by molar-refractivity contribution is 5.23.